The van der Waals surface area contributed by atoms with Gasteiger partial charge in [0.05, 0.1) is 21.4 Å². The van der Waals surface area contributed by atoms with E-state index in [1.165, 1.54) is 6.20 Å². The molecular formula is C20H20N4O3S. The van der Waals surface area contributed by atoms with Gasteiger partial charge in [-0.1, -0.05) is 17.3 Å². The first kappa shape index (κ1) is 17.4. The fraction of sp³-hybridized carbons (Fsp3) is 0.400. The predicted molar refractivity (Wildman–Crippen MR) is 104 cm³/mol. The summed E-state index contributed by atoms with van der Waals surface area (Å²) < 4.78 is 6.14. The van der Waals surface area contributed by atoms with Gasteiger partial charge in [0.15, 0.2) is 0 Å². The van der Waals surface area contributed by atoms with E-state index >= 15 is 0 Å². The number of para-hydroxylation sites is 1. The van der Waals surface area contributed by atoms with E-state index < -0.39 is 0 Å². The third kappa shape index (κ3) is 3.07. The Hall–Kier alpha value is -2.74. The fourth-order valence-corrected chi connectivity index (χ4v) is 5.16. The van der Waals surface area contributed by atoms with Crippen molar-refractivity contribution in [3.05, 3.63) is 47.3 Å². The van der Waals surface area contributed by atoms with Crippen LogP contribution in [0.4, 0.5) is 0 Å². The summed E-state index contributed by atoms with van der Waals surface area (Å²) in [6.45, 7) is 2.04. The Morgan fingerprint density at radius 2 is 2.11 bits per heavy atom. The van der Waals surface area contributed by atoms with Gasteiger partial charge >= 0.3 is 0 Å². The highest BCUT2D eigenvalue weighted by Crippen LogP contribution is 2.33. The van der Waals surface area contributed by atoms with Gasteiger partial charge in [-0.15, -0.1) is 11.3 Å². The van der Waals surface area contributed by atoms with Gasteiger partial charge in [-0.2, -0.15) is 0 Å². The summed E-state index contributed by atoms with van der Waals surface area (Å²) in [7, 11) is 0. The van der Waals surface area contributed by atoms with Crippen LogP contribution in [-0.4, -0.2) is 57.4 Å². The monoisotopic (exact) mass is 396 g/mol. The van der Waals surface area contributed by atoms with E-state index in [0.29, 0.717) is 31.8 Å². The van der Waals surface area contributed by atoms with Crippen LogP contribution < -0.4 is 0 Å². The maximum Gasteiger partial charge on any atom is 0.292 e. The van der Waals surface area contributed by atoms with Gasteiger partial charge in [-0.05, 0) is 18.6 Å². The molecule has 8 heteroatoms. The number of hydrogen-bond acceptors (Lipinski definition) is 6. The van der Waals surface area contributed by atoms with Gasteiger partial charge in [0.1, 0.15) is 0 Å². The molecule has 28 heavy (non-hydrogen) atoms. The van der Waals surface area contributed by atoms with Crippen LogP contribution in [0.1, 0.15) is 28.4 Å². The minimum atomic E-state index is -0.114. The second-order valence-corrected chi connectivity index (χ2v) is 8.48. The minimum absolute atomic E-state index is 0.114. The van der Waals surface area contributed by atoms with Crippen molar-refractivity contribution in [2.24, 2.45) is 5.92 Å². The van der Waals surface area contributed by atoms with Crippen molar-refractivity contribution < 1.29 is 14.1 Å². The van der Waals surface area contributed by atoms with Gasteiger partial charge in [-0.3, -0.25) is 9.59 Å². The van der Waals surface area contributed by atoms with Crippen LogP contribution in [0.2, 0.25) is 0 Å². The summed E-state index contributed by atoms with van der Waals surface area (Å²) in [6, 6.07) is 9.90. The van der Waals surface area contributed by atoms with Gasteiger partial charge in [0, 0.05) is 50.5 Å². The third-order valence-electron chi connectivity index (χ3n) is 5.67. The molecule has 0 saturated carbocycles. The molecule has 3 aromatic rings. The van der Waals surface area contributed by atoms with Crippen molar-refractivity contribution in [1.29, 1.82) is 0 Å². The summed E-state index contributed by atoms with van der Waals surface area (Å²) in [4.78, 5) is 33.5. The van der Waals surface area contributed by atoms with Crippen molar-refractivity contribution in [1.82, 2.24) is 19.9 Å². The van der Waals surface area contributed by atoms with Crippen LogP contribution in [-0.2, 0) is 11.2 Å². The number of amides is 2. The first-order chi connectivity index (χ1) is 13.7. The van der Waals surface area contributed by atoms with E-state index in [9.17, 15) is 9.59 Å². The van der Waals surface area contributed by atoms with Crippen molar-refractivity contribution >= 4 is 33.4 Å². The SMILES string of the molecule is O=C(c1ccno1)N1CC[C@H]2[C@@H](C1)CN2C(=O)CCc1nc2ccccc2s1. The molecule has 2 atom stereocenters. The largest absolute Gasteiger partial charge is 0.351 e. The van der Waals surface area contributed by atoms with E-state index in [1.807, 2.05) is 28.0 Å². The van der Waals surface area contributed by atoms with Crippen molar-refractivity contribution in [2.75, 3.05) is 19.6 Å². The Bertz CT molecular complexity index is 983. The molecule has 2 saturated heterocycles. The van der Waals surface area contributed by atoms with Gasteiger partial charge < -0.3 is 14.3 Å². The second-order valence-electron chi connectivity index (χ2n) is 7.37. The molecule has 0 N–H and O–H groups in total. The Kier molecular flexibility index (Phi) is 4.35. The van der Waals surface area contributed by atoms with Crippen LogP contribution >= 0.6 is 11.3 Å². The van der Waals surface area contributed by atoms with Gasteiger partial charge in [0.2, 0.25) is 11.7 Å². The zero-order chi connectivity index (χ0) is 19.1. The lowest BCUT2D eigenvalue weighted by Gasteiger charge is -2.53. The van der Waals surface area contributed by atoms with E-state index in [2.05, 4.69) is 16.2 Å². The smallest absolute Gasteiger partial charge is 0.292 e. The van der Waals surface area contributed by atoms with Crippen molar-refractivity contribution in [3.8, 4) is 0 Å². The number of aromatic nitrogens is 2. The average molecular weight is 396 g/mol. The molecule has 2 aromatic heterocycles. The molecule has 5 rings (SSSR count). The topological polar surface area (TPSA) is 79.5 Å². The molecule has 7 nitrogen and oxygen atoms in total. The number of fused-ring (bicyclic) bond motifs is 2. The molecular weight excluding hydrogens is 376 g/mol. The summed E-state index contributed by atoms with van der Waals surface area (Å²) in [5.74, 6) is 0.709. The number of benzene rings is 1. The Labute approximate surface area is 165 Å². The summed E-state index contributed by atoms with van der Waals surface area (Å²) in [5, 5.41) is 4.61. The molecule has 2 fully saturated rings. The Morgan fingerprint density at radius 3 is 2.89 bits per heavy atom. The predicted octanol–water partition coefficient (Wildman–Crippen LogP) is 2.59. The molecule has 0 aliphatic carbocycles. The zero-order valence-corrected chi connectivity index (χ0v) is 16.1. The first-order valence-corrected chi connectivity index (χ1v) is 10.3. The van der Waals surface area contributed by atoms with E-state index in [-0.39, 0.29) is 23.6 Å². The van der Waals surface area contributed by atoms with Gasteiger partial charge in [-0.25, -0.2) is 4.98 Å². The molecule has 2 aliphatic heterocycles. The highest BCUT2D eigenvalue weighted by atomic mass is 32.1. The lowest BCUT2D eigenvalue weighted by Crippen LogP contribution is -2.65. The molecule has 2 amide bonds. The number of piperidine rings is 1. The number of likely N-dealkylation sites (tertiary alicyclic amines) is 2. The minimum Gasteiger partial charge on any atom is -0.351 e. The number of carbonyl (C=O) groups excluding carboxylic acids is 2. The lowest BCUT2D eigenvalue weighted by molar-refractivity contribution is -0.147. The molecule has 0 radical (unpaired) electrons. The van der Waals surface area contributed by atoms with E-state index in [0.717, 1.165) is 28.2 Å². The van der Waals surface area contributed by atoms with Crippen LogP contribution in [0.3, 0.4) is 0 Å². The molecule has 0 unspecified atom stereocenters. The molecule has 0 spiro atoms. The third-order valence-corrected chi connectivity index (χ3v) is 6.77. The van der Waals surface area contributed by atoms with Crippen molar-refractivity contribution in [3.63, 3.8) is 0 Å². The second kappa shape index (κ2) is 7.01. The Balaban J connectivity index is 1.15. The highest BCUT2D eigenvalue weighted by molar-refractivity contribution is 7.18. The number of hydrogen-bond donors (Lipinski definition) is 0. The van der Waals surface area contributed by atoms with E-state index in [1.54, 1.807) is 17.4 Å². The first-order valence-electron chi connectivity index (χ1n) is 9.53. The molecule has 144 valence electrons. The quantitative estimate of drug-likeness (QED) is 0.677. The fourth-order valence-electron chi connectivity index (χ4n) is 4.20. The molecule has 1 aromatic carbocycles. The van der Waals surface area contributed by atoms with Crippen LogP contribution in [0, 0.1) is 5.92 Å². The molecule has 0 bridgehead atoms. The Morgan fingerprint density at radius 1 is 1.21 bits per heavy atom. The lowest BCUT2D eigenvalue weighted by atomic mass is 9.82. The number of nitrogens with zero attached hydrogens (tertiary/aromatic N) is 4. The van der Waals surface area contributed by atoms with Crippen LogP contribution in [0.15, 0.2) is 41.1 Å². The maximum atomic E-state index is 12.7. The average Bonchev–Trinajstić information content (AvgIpc) is 3.36. The van der Waals surface area contributed by atoms with Crippen molar-refractivity contribution in [2.45, 2.75) is 25.3 Å². The zero-order valence-electron chi connectivity index (χ0n) is 15.3. The van der Waals surface area contributed by atoms with Crippen LogP contribution in [0.25, 0.3) is 10.2 Å². The molecule has 2 aliphatic rings. The highest BCUT2D eigenvalue weighted by Gasteiger charge is 2.45. The van der Waals surface area contributed by atoms with Crippen LogP contribution in [0.5, 0.6) is 0 Å². The number of thiazole rings is 1. The summed E-state index contributed by atoms with van der Waals surface area (Å²) in [6.07, 6.45) is 3.47. The summed E-state index contributed by atoms with van der Waals surface area (Å²) >= 11 is 1.66. The number of rotatable bonds is 4. The van der Waals surface area contributed by atoms with Gasteiger partial charge in [0.25, 0.3) is 5.91 Å². The van der Waals surface area contributed by atoms with E-state index in [4.69, 9.17) is 4.52 Å². The number of carbonyl (C=O) groups is 2. The normalized spacial score (nSPS) is 21.4. The molecule has 4 heterocycles. The standard InChI is InChI=1S/C20H20N4O3S/c25-19(6-5-18-22-14-3-1-2-4-17(14)28-18)24-12-13-11-23(10-8-15(13)24)20(26)16-7-9-21-27-16/h1-4,7,9,13,15H,5-6,8,10-12H2/t13-,15-/m0/s1. The maximum absolute atomic E-state index is 12.7. The number of aryl methyl sites for hydroxylation is 1. The summed E-state index contributed by atoms with van der Waals surface area (Å²) in [5.41, 5.74) is 1.00.